The average molecular weight is 924 g/mol. The number of aromatic hydroxyl groups is 1. The largest absolute Gasteiger partial charge is 0.502 e. The number of phenolic OH excluding ortho intramolecular Hbond substituents is 1. The fraction of sp³-hybridized carbons (Fsp3) is 0.587. The molecular weight excluding hydrogens is 867 g/mol. The molecule has 358 valence electrons. The van der Waals surface area contributed by atoms with E-state index in [2.05, 4.69) is 10.3 Å². The summed E-state index contributed by atoms with van der Waals surface area (Å²) < 4.78 is 65.9. The van der Waals surface area contributed by atoms with E-state index < -0.39 is 91.0 Å². The molecule has 66 heavy (non-hydrogen) atoms. The van der Waals surface area contributed by atoms with Gasteiger partial charge in [-0.2, -0.15) is 0 Å². The summed E-state index contributed by atoms with van der Waals surface area (Å²) in [5, 5.41) is 19.7. The molecule has 3 aromatic rings. The van der Waals surface area contributed by atoms with Crippen LogP contribution in [0, 0.1) is 11.8 Å². The molecule has 2 aromatic carbocycles. The summed E-state index contributed by atoms with van der Waals surface area (Å²) in [5.74, 6) is -3.60. The van der Waals surface area contributed by atoms with Gasteiger partial charge in [0.25, 0.3) is 0 Å². The molecule has 0 radical (unpaired) electrons. The van der Waals surface area contributed by atoms with Gasteiger partial charge in [-0.25, -0.2) is 4.68 Å². The van der Waals surface area contributed by atoms with Gasteiger partial charge < -0.3 is 57.2 Å². The number of cyclic esters (lactones) is 1. The number of fused-ring (bicyclic) bond motifs is 3. The molecule has 0 amide bonds. The molecule has 0 bridgehead atoms. The van der Waals surface area contributed by atoms with Crippen molar-refractivity contribution in [2.24, 2.45) is 11.8 Å². The molecule has 1 aliphatic carbocycles. The van der Waals surface area contributed by atoms with Gasteiger partial charge in [0.2, 0.25) is 12.5 Å². The number of carbonyl (C=O) groups excluding carboxylic acids is 5. The number of phenols is 1. The van der Waals surface area contributed by atoms with Gasteiger partial charge in [-0.05, 0) is 66.6 Å². The standard InChI is InChI=1S/C46H57N3O17/c1-7-11-34(50)58-22-33-42(64-35(51)12-8-2)43(65-36(52)13-9-3)44(66-37(53)14-10-4)46(63-33)60-20-25-19-49(48-47-25)40-27-18-30-29(61-23-62-30)17-26(27)38(39-28(40)21-59-45(39)55)24-15-31(56-5)41(54)32(16-24)57-6/h15-19,28,33,38-40,42-44,46,54H,7-14,20-23H2,1-6H3/t28-,33+,38+,39-,40+,42-,43-,44+,46-/m0/s1. The Morgan fingerprint density at radius 2 is 1.33 bits per heavy atom. The maximum absolute atomic E-state index is 13.8. The molecule has 20 nitrogen and oxygen atoms in total. The van der Waals surface area contributed by atoms with Crippen LogP contribution < -0.4 is 18.9 Å². The van der Waals surface area contributed by atoms with Crippen molar-refractivity contribution in [1.29, 1.82) is 0 Å². The second-order valence-electron chi connectivity index (χ2n) is 16.4. The van der Waals surface area contributed by atoms with E-state index in [1.807, 2.05) is 19.1 Å². The summed E-state index contributed by atoms with van der Waals surface area (Å²) in [6, 6.07) is 6.38. The molecule has 2 saturated heterocycles. The van der Waals surface area contributed by atoms with Gasteiger partial charge in [0.1, 0.15) is 18.4 Å². The summed E-state index contributed by atoms with van der Waals surface area (Å²) in [4.78, 5) is 65.8. The number of carbonyl (C=O) groups is 5. The van der Waals surface area contributed by atoms with E-state index in [1.54, 1.807) is 43.8 Å². The van der Waals surface area contributed by atoms with Gasteiger partial charge in [0.05, 0.1) is 45.6 Å². The van der Waals surface area contributed by atoms with Crippen LogP contribution in [0.3, 0.4) is 0 Å². The van der Waals surface area contributed by atoms with Crippen LogP contribution in [0.2, 0.25) is 0 Å². The summed E-state index contributed by atoms with van der Waals surface area (Å²) in [7, 11) is 2.84. The second kappa shape index (κ2) is 21.4. The number of nitrogens with zero attached hydrogens (tertiary/aromatic N) is 3. The van der Waals surface area contributed by atoms with E-state index in [1.165, 1.54) is 14.2 Å². The summed E-state index contributed by atoms with van der Waals surface area (Å²) >= 11 is 0. The van der Waals surface area contributed by atoms with Crippen molar-refractivity contribution in [3.05, 3.63) is 52.8 Å². The topological polar surface area (TPSA) is 238 Å². The molecule has 0 saturated carbocycles. The highest BCUT2D eigenvalue weighted by Gasteiger charge is 2.55. The number of rotatable bonds is 20. The van der Waals surface area contributed by atoms with Crippen LogP contribution in [0.4, 0.5) is 0 Å². The average Bonchev–Trinajstić information content (AvgIpc) is 4.06. The number of esters is 5. The predicted molar refractivity (Wildman–Crippen MR) is 225 cm³/mol. The molecule has 1 aromatic heterocycles. The molecule has 0 spiro atoms. The molecular formula is C46H57N3O17. The summed E-state index contributed by atoms with van der Waals surface area (Å²) in [6.45, 7) is 6.55. The Bertz CT molecular complexity index is 2220. The van der Waals surface area contributed by atoms with Crippen LogP contribution in [0.5, 0.6) is 28.7 Å². The van der Waals surface area contributed by atoms with Gasteiger partial charge in [-0.1, -0.05) is 32.9 Å². The lowest BCUT2D eigenvalue weighted by molar-refractivity contribution is -0.311. The van der Waals surface area contributed by atoms with Crippen molar-refractivity contribution in [2.75, 3.05) is 34.2 Å². The normalized spacial score (nSPS) is 24.9. The number of methoxy groups -OCH3 is 2. The SMILES string of the molecule is CCCC(=O)OC[C@H]1O[C@H](OCc2cn([C@@H]3c4cc5c(cc4[C@@H](c4cc(OC)c(O)c(OC)c4)[C@H]4C(=O)OC[C@@H]43)OCO5)nn2)[C@H](OC(=O)CCC)[C@@H](OC(=O)CCC)[C@H]1OC(=O)CCC. The lowest BCUT2D eigenvalue weighted by Crippen LogP contribution is -2.63. The zero-order valence-electron chi connectivity index (χ0n) is 37.9. The lowest BCUT2D eigenvalue weighted by Gasteiger charge is -2.44. The summed E-state index contributed by atoms with van der Waals surface area (Å²) in [5.41, 5.74) is 2.37. The molecule has 1 N–H and O–H groups in total. The second-order valence-corrected chi connectivity index (χ2v) is 16.4. The van der Waals surface area contributed by atoms with E-state index in [0.717, 1.165) is 5.56 Å². The van der Waals surface area contributed by atoms with E-state index >= 15 is 0 Å². The first-order chi connectivity index (χ1) is 31.9. The molecule has 3 aliphatic heterocycles. The minimum atomic E-state index is -1.45. The zero-order chi connectivity index (χ0) is 47.1. The fourth-order valence-electron chi connectivity index (χ4n) is 8.89. The molecule has 20 heteroatoms. The zero-order valence-corrected chi connectivity index (χ0v) is 37.9. The Hall–Kier alpha value is -6.15. The Balaban J connectivity index is 1.23. The van der Waals surface area contributed by atoms with Gasteiger partial charge in [-0.15, -0.1) is 5.10 Å². The number of hydrogen-bond acceptors (Lipinski definition) is 19. The number of hydrogen-bond donors (Lipinski definition) is 1. The maximum atomic E-state index is 13.8. The first-order valence-corrected chi connectivity index (χ1v) is 22.4. The van der Waals surface area contributed by atoms with Crippen molar-refractivity contribution >= 4 is 29.8 Å². The van der Waals surface area contributed by atoms with Gasteiger partial charge in [-0.3, -0.25) is 24.0 Å². The Kier molecular flexibility index (Phi) is 15.5. The number of ether oxygens (including phenoxy) is 11. The van der Waals surface area contributed by atoms with Crippen LogP contribution in [0.25, 0.3) is 0 Å². The maximum Gasteiger partial charge on any atom is 0.310 e. The molecule has 7 rings (SSSR count). The Morgan fingerprint density at radius 3 is 1.94 bits per heavy atom. The van der Waals surface area contributed by atoms with E-state index in [0.29, 0.717) is 54.0 Å². The minimum Gasteiger partial charge on any atom is -0.502 e. The first-order valence-electron chi connectivity index (χ1n) is 22.4. The Morgan fingerprint density at radius 1 is 0.758 bits per heavy atom. The molecule has 0 unspecified atom stereocenters. The van der Waals surface area contributed by atoms with Crippen LogP contribution in [0.15, 0.2) is 30.5 Å². The monoisotopic (exact) mass is 923 g/mol. The van der Waals surface area contributed by atoms with Crippen molar-refractivity contribution in [3.63, 3.8) is 0 Å². The highest BCUT2D eigenvalue weighted by atomic mass is 16.7. The van der Waals surface area contributed by atoms with Crippen molar-refractivity contribution in [2.45, 2.75) is 128 Å². The fourth-order valence-corrected chi connectivity index (χ4v) is 8.89. The molecule has 9 atom stereocenters. The smallest absolute Gasteiger partial charge is 0.310 e. The van der Waals surface area contributed by atoms with Crippen molar-refractivity contribution < 1.29 is 81.2 Å². The lowest BCUT2D eigenvalue weighted by atomic mass is 9.65. The van der Waals surface area contributed by atoms with Crippen LogP contribution in [-0.2, 0) is 63.7 Å². The van der Waals surface area contributed by atoms with E-state index in [9.17, 15) is 29.1 Å². The van der Waals surface area contributed by atoms with E-state index in [4.69, 9.17) is 52.1 Å². The molecule has 2 fully saturated rings. The highest BCUT2D eigenvalue weighted by molar-refractivity contribution is 5.79. The Labute approximate surface area is 381 Å². The quantitative estimate of drug-likeness (QED) is 0.116. The van der Waals surface area contributed by atoms with Gasteiger partial charge in [0.15, 0.2) is 47.6 Å². The minimum absolute atomic E-state index is 0.00523. The number of benzene rings is 2. The van der Waals surface area contributed by atoms with Crippen LogP contribution in [0.1, 0.15) is 113 Å². The van der Waals surface area contributed by atoms with E-state index in [-0.39, 0.29) is 62.9 Å². The third-order valence-electron chi connectivity index (χ3n) is 11.9. The van der Waals surface area contributed by atoms with Gasteiger partial charge >= 0.3 is 29.8 Å². The van der Waals surface area contributed by atoms with Crippen LogP contribution >= 0.6 is 0 Å². The van der Waals surface area contributed by atoms with Gasteiger partial charge in [0, 0.05) is 37.5 Å². The predicted octanol–water partition coefficient (Wildman–Crippen LogP) is 4.97. The van der Waals surface area contributed by atoms with Crippen LogP contribution in [-0.4, -0.2) is 115 Å². The highest BCUT2D eigenvalue weighted by Crippen LogP contribution is 2.56. The van der Waals surface area contributed by atoms with Crippen molar-refractivity contribution in [1.82, 2.24) is 15.0 Å². The molecule has 4 heterocycles. The number of aromatic nitrogens is 3. The molecule has 4 aliphatic rings. The third-order valence-corrected chi connectivity index (χ3v) is 11.9. The van der Waals surface area contributed by atoms with Crippen molar-refractivity contribution in [3.8, 4) is 28.7 Å². The third kappa shape index (κ3) is 10.1. The first kappa shape index (κ1) is 47.8. The summed E-state index contributed by atoms with van der Waals surface area (Å²) in [6.07, 6.45) is -3.20.